The highest BCUT2D eigenvalue weighted by atomic mass is 16.6. The first-order valence-corrected chi connectivity index (χ1v) is 9.54. The third kappa shape index (κ3) is 4.52. The van der Waals surface area contributed by atoms with E-state index in [1.807, 2.05) is 29.8 Å². The summed E-state index contributed by atoms with van der Waals surface area (Å²) in [6, 6.07) is 3.28. The Bertz CT molecular complexity index is 835. The summed E-state index contributed by atoms with van der Waals surface area (Å²) in [5.74, 6) is 0.543. The van der Waals surface area contributed by atoms with Crippen LogP contribution in [0.3, 0.4) is 0 Å². The van der Waals surface area contributed by atoms with E-state index in [4.69, 9.17) is 9.26 Å². The molecule has 0 saturated carbocycles. The average molecular weight is 389 g/mol. The van der Waals surface area contributed by atoms with Gasteiger partial charge in [-0.05, 0) is 52.7 Å². The van der Waals surface area contributed by atoms with Crippen LogP contribution in [0.1, 0.15) is 46.4 Å². The molecular weight excluding hydrogens is 362 g/mol. The first kappa shape index (κ1) is 19.9. The smallest absolute Gasteiger partial charge is 0.410 e. The summed E-state index contributed by atoms with van der Waals surface area (Å²) >= 11 is 0. The fourth-order valence-corrected chi connectivity index (χ4v) is 3.18. The Balaban J connectivity index is 1.59. The lowest BCUT2D eigenvalue weighted by atomic mass is 10.2. The molecular formula is C19H27N5O4. The van der Waals surface area contributed by atoms with Crippen LogP contribution in [-0.2, 0) is 22.6 Å². The zero-order valence-corrected chi connectivity index (χ0v) is 16.8. The Morgan fingerprint density at radius 1 is 1.39 bits per heavy atom. The van der Waals surface area contributed by atoms with Gasteiger partial charge in [-0.1, -0.05) is 5.16 Å². The lowest BCUT2D eigenvalue weighted by molar-refractivity contribution is -0.125. The van der Waals surface area contributed by atoms with E-state index in [9.17, 15) is 9.59 Å². The predicted molar refractivity (Wildman–Crippen MR) is 101 cm³/mol. The number of hydrogen-bond donors (Lipinski definition) is 1. The molecule has 1 N–H and O–H groups in total. The summed E-state index contributed by atoms with van der Waals surface area (Å²) in [5, 5.41) is 6.77. The molecule has 2 amide bonds. The highest BCUT2D eigenvalue weighted by molar-refractivity contribution is 5.86. The maximum Gasteiger partial charge on any atom is 0.410 e. The van der Waals surface area contributed by atoms with Crippen molar-refractivity contribution in [1.82, 2.24) is 24.9 Å². The molecule has 0 aromatic carbocycles. The van der Waals surface area contributed by atoms with Crippen LogP contribution in [0.4, 0.5) is 4.79 Å². The molecule has 1 saturated heterocycles. The minimum absolute atomic E-state index is 0.108. The van der Waals surface area contributed by atoms with Crippen molar-refractivity contribution in [3.05, 3.63) is 24.2 Å². The van der Waals surface area contributed by atoms with E-state index in [2.05, 4.69) is 15.5 Å². The van der Waals surface area contributed by atoms with Crippen molar-refractivity contribution in [2.45, 2.75) is 65.3 Å². The number of nitrogens with zero attached hydrogens (tertiary/aromatic N) is 4. The fourth-order valence-electron chi connectivity index (χ4n) is 3.18. The first-order valence-electron chi connectivity index (χ1n) is 9.54. The lowest BCUT2D eigenvalue weighted by Gasteiger charge is -2.27. The fraction of sp³-hybridized carbons (Fsp3) is 0.579. The molecule has 1 atom stereocenters. The Morgan fingerprint density at radius 3 is 2.89 bits per heavy atom. The Kier molecular flexibility index (Phi) is 5.71. The van der Waals surface area contributed by atoms with Gasteiger partial charge in [-0.3, -0.25) is 9.69 Å². The van der Waals surface area contributed by atoms with Crippen LogP contribution < -0.4 is 5.32 Å². The van der Waals surface area contributed by atoms with Gasteiger partial charge in [-0.25, -0.2) is 4.79 Å². The van der Waals surface area contributed by atoms with Gasteiger partial charge in [0.15, 0.2) is 0 Å². The molecule has 3 heterocycles. The monoisotopic (exact) mass is 389 g/mol. The Morgan fingerprint density at radius 2 is 2.18 bits per heavy atom. The summed E-state index contributed by atoms with van der Waals surface area (Å²) in [4.78, 5) is 30.7. The van der Waals surface area contributed by atoms with Crippen LogP contribution in [0.25, 0.3) is 11.5 Å². The van der Waals surface area contributed by atoms with Crippen LogP contribution in [0.15, 0.2) is 22.9 Å². The van der Waals surface area contributed by atoms with Crippen LogP contribution in [0.2, 0.25) is 0 Å². The summed E-state index contributed by atoms with van der Waals surface area (Å²) in [6.45, 7) is 8.85. The second-order valence-electron chi connectivity index (χ2n) is 7.74. The van der Waals surface area contributed by atoms with Crippen molar-refractivity contribution in [3.8, 4) is 11.5 Å². The van der Waals surface area contributed by atoms with E-state index in [0.717, 1.165) is 18.7 Å². The molecule has 0 spiro atoms. The van der Waals surface area contributed by atoms with Gasteiger partial charge in [0.1, 0.15) is 11.6 Å². The third-order valence-corrected chi connectivity index (χ3v) is 4.46. The van der Waals surface area contributed by atoms with Gasteiger partial charge in [0.2, 0.25) is 17.6 Å². The van der Waals surface area contributed by atoms with Crippen molar-refractivity contribution >= 4 is 12.0 Å². The number of hydrogen-bond acceptors (Lipinski definition) is 6. The minimum atomic E-state index is -0.600. The normalized spacial score (nSPS) is 17.0. The molecule has 0 aliphatic carbocycles. The van der Waals surface area contributed by atoms with E-state index in [-0.39, 0.29) is 12.5 Å². The molecule has 1 unspecified atom stereocenters. The van der Waals surface area contributed by atoms with E-state index in [1.54, 1.807) is 20.8 Å². The largest absolute Gasteiger partial charge is 0.444 e. The van der Waals surface area contributed by atoms with Crippen LogP contribution in [0, 0.1) is 0 Å². The number of likely N-dealkylation sites (tertiary alicyclic amines) is 1. The van der Waals surface area contributed by atoms with Crippen molar-refractivity contribution in [2.75, 3.05) is 6.54 Å². The number of rotatable bonds is 5. The number of aryl methyl sites for hydroxylation is 1. The minimum Gasteiger partial charge on any atom is -0.444 e. The molecule has 0 bridgehead atoms. The van der Waals surface area contributed by atoms with Gasteiger partial charge in [0.25, 0.3) is 0 Å². The zero-order chi connectivity index (χ0) is 20.3. The number of carbonyl (C=O) groups excluding carboxylic acids is 2. The lowest BCUT2D eigenvalue weighted by Crippen LogP contribution is -2.47. The molecule has 9 nitrogen and oxygen atoms in total. The number of ether oxygens (including phenoxy) is 1. The maximum atomic E-state index is 12.6. The molecule has 1 fully saturated rings. The summed E-state index contributed by atoms with van der Waals surface area (Å²) in [7, 11) is 0. The number of nitrogens with one attached hydrogen (secondary N) is 1. The summed E-state index contributed by atoms with van der Waals surface area (Å²) in [5.41, 5.74) is 0.257. The first-order chi connectivity index (χ1) is 13.3. The van der Waals surface area contributed by atoms with E-state index >= 15 is 0 Å². The van der Waals surface area contributed by atoms with Crippen molar-refractivity contribution in [1.29, 1.82) is 0 Å². The molecule has 2 aromatic rings. The highest BCUT2D eigenvalue weighted by Crippen LogP contribution is 2.21. The second kappa shape index (κ2) is 8.04. The maximum absolute atomic E-state index is 12.6. The number of amides is 2. The highest BCUT2D eigenvalue weighted by Gasteiger charge is 2.36. The number of carbonyl (C=O) groups is 2. The van der Waals surface area contributed by atoms with Gasteiger partial charge in [0.05, 0.1) is 12.2 Å². The van der Waals surface area contributed by atoms with Crippen molar-refractivity contribution in [3.63, 3.8) is 0 Å². The quantitative estimate of drug-likeness (QED) is 0.843. The number of aromatic nitrogens is 3. The van der Waals surface area contributed by atoms with Gasteiger partial charge >= 0.3 is 6.09 Å². The molecule has 2 aromatic heterocycles. The average Bonchev–Trinajstić information content (AvgIpc) is 3.37. The van der Waals surface area contributed by atoms with Crippen LogP contribution >= 0.6 is 0 Å². The van der Waals surface area contributed by atoms with Crippen LogP contribution in [-0.4, -0.2) is 49.8 Å². The van der Waals surface area contributed by atoms with Gasteiger partial charge < -0.3 is 19.1 Å². The summed E-state index contributed by atoms with van der Waals surface area (Å²) in [6.07, 6.45) is 2.84. The second-order valence-corrected chi connectivity index (χ2v) is 7.74. The Hall–Kier alpha value is -2.84. The molecule has 1 aliphatic rings. The predicted octanol–water partition coefficient (Wildman–Crippen LogP) is 2.57. The summed E-state index contributed by atoms with van der Waals surface area (Å²) < 4.78 is 12.6. The van der Waals surface area contributed by atoms with Gasteiger partial charge in [-0.2, -0.15) is 4.98 Å². The molecule has 0 radical (unpaired) electrons. The van der Waals surface area contributed by atoms with Crippen molar-refractivity contribution in [2.24, 2.45) is 0 Å². The van der Waals surface area contributed by atoms with Gasteiger partial charge in [-0.15, -0.1) is 0 Å². The topological polar surface area (TPSA) is 102 Å². The van der Waals surface area contributed by atoms with Crippen molar-refractivity contribution < 1.29 is 18.8 Å². The van der Waals surface area contributed by atoms with E-state index in [0.29, 0.717) is 24.7 Å². The van der Waals surface area contributed by atoms with E-state index < -0.39 is 17.7 Å². The third-order valence-electron chi connectivity index (χ3n) is 4.46. The standard InChI is InChI=1S/C19H27N5O4/c1-5-23-10-6-8-13(23)16-21-15(28-22-16)12-20-17(25)14-9-7-11-24(14)18(26)27-19(2,3)4/h6,8,10,14H,5,7,9,11-12H2,1-4H3,(H,20,25). The van der Waals surface area contributed by atoms with E-state index in [1.165, 1.54) is 4.90 Å². The molecule has 3 rings (SSSR count). The SMILES string of the molecule is CCn1cccc1-c1noc(CNC(=O)C2CCCN2C(=O)OC(C)(C)C)n1. The van der Waals surface area contributed by atoms with Gasteiger partial charge in [0, 0.05) is 19.3 Å². The molecule has 9 heteroatoms. The zero-order valence-electron chi connectivity index (χ0n) is 16.8. The van der Waals surface area contributed by atoms with Crippen LogP contribution in [0.5, 0.6) is 0 Å². The Labute approximate surface area is 164 Å². The molecule has 152 valence electrons. The molecule has 1 aliphatic heterocycles. The molecule has 28 heavy (non-hydrogen) atoms.